The lowest BCUT2D eigenvalue weighted by Gasteiger charge is -2.41. The first-order valence-electron chi connectivity index (χ1n) is 6.53. The van der Waals surface area contributed by atoms with Crippen LogP contribution >= 0.6 is 0 Å². The lowest BCUT2D eigenvalue weighted by atomic mass is 9.75. The molecule has 5 nitrogen and oxygen atoms in total. The van der Waals surface area contributed by atoms with Crippen LogP contribution in [0.3, 0.4) is 0 Å². The molecule has 0 aliphatic heterocycles. The monoisotopic (exact) mass is 287 g/mol. The lowest BCUT2D eigenvalue weighted by Crippen LogP contribution is -2.59. The van der Waals surface area contributed by atoms with E-state index < -0.39 is 17.4 Å². The fourth-order valence-corrected chi connectivity index (χ4v) is 2.00. The highest BCUT2D eigenvalue weighted by Crippen LogP contribution is 2.44. The lowest BCUT2D eigenvalue weighted by molar-refractivity contribution is -0.212. The Morgan fingerprint density at radius 2 is 2.05 bits per heavy atom. The van der Waals surface area contributed by atoms with Gasteiger partial charge in [-0.15, -0.1) is 0 Å². The Balaban J connectivity index is 2.10. The molecule has 0 unspecified atom stereocenters. The Morgan fingerprint density at radius 3 is 2.45 bits per heavy atom. The van der Waals surface area contributed by atoms with Gasteiger partial charge in [0.15, 0.2) is 0 Å². The standard InChI is InChI=1S/C13H19F2N3O2/c1-11(2,3)18-8-9(7-16-18)17-10(19)13(14,15)12(20)5-4-6-12/h7-8,20H,4-6H2,1-3H3,(H,17,19). The smallest absolute Gasteiger partial charge is 0.352 e. The van der Waals surface area contributed by atoms with Crippen molar-refractivity contribution < 1.29 is 18.7 Å². The van der Waals surface area contributed by atoms with E-state index >= 15 is 0 Å². The van der Waals surface area contributed by atoms with Crippen molar-refractivity contribution in [2.45, 2.75) is 57.1 Å². The molecule has 1 amide bonds. The van der Waals surface area contributed by atoms with Gasteiger partial charge in [-0.05, 0) is 40.0 Å². The summed E-state index contributed by atoms with van der Waals surface area (Å²) in [7, 11) is 0. The molecule has 112 valence electrons. The van der Waals surface area contributed by atoms with Crippen LogP contribution < -0.4 is 5.32 Å². The minimum atomic E-state index is -3.80. The first kappa shape index (κ1) is 14.9. The molecule has 0 bridgehead atoms. The summed E-state index contributed by atoms with van der Waals surface area (Å²) in [6.07, 6.45) is 3.17. The van der Waals surface area contributed by atoms with Crippen LogP contribution in [0.15, 0.2) is 12.4 Å². The number of carbonyl (C=O) groups excluding carboxylic acids is 1. The zero-order valence-corrected chi connectivity index (χ0v) is 11.8. The maximum absolute atomic E-state index is 13.9. The van der Waals surface area contributed by atoms with E-state index in [1.165, 1.54) is 12.4 Å². The topological polar surface area (TPSA) is 67.2 Å². The molecule has 1 aliphatic rings. The Morgan fingerprint density at radius 1 is 1.45 bits per heavy atom. The number of hydrogen-bond acceptors (Lipinski definition) is 3. The molecule has 0 atom stereocenters. The minimum Gasteiger partial charge on any atom is -0.383 e. The van der Waals surface area contributed by atoms with Crippen molar-refractivity contribution in [3.8, 4) is 0 Å². The number of aliphatic hydroxyl groups is 1. The van der Waals surface area contributed by atoms with E-state index in [9.17, 15) is 18.7 Å². The van der Waals surface area contributed by atoms with Crippen molar-refractivity contribution in [1.29, 1.82) is 0 Å². The van der Waals surface area contributed by atoms with E-state index in [1.807, 2.05) is 20.8 Å². The van der Waals surface area contributed by atoms with Gasteiger partial charge in [-0.3, -0.25) is 9.48 Å². The molecule has 1 aromatic rings. The molecule has 1 aliphatic carbocycles. The average molecular weight is 287 g/mol. The second-order valence-electron chi connectivity index (χ2n) is 6.26. The third-order valence-electron chi connectivity index (χ3n) is 3.58. The van der Waals surface area contributed by atoms with Gasteiger partial charge in [-0.1, -0.05) is 0 Å². The molecular weight excluding hydrogens is 268 g/mol. The molecule has 0 spiro atoms. The van der Waals surface area contributed by atoms with Crippen molar-refractivity contribution in [1.82, 2.24) is 9.78 Å². The fourth-order valence-electron chi connectivity index (χ4n) is 2.00. The Bertz CT molecular complexity index is 516. The summed E-state index contributed by atoms with van der Waals surface area (Å²) in [5.74, 6) is -5.29. The van der Waals surface area contributed by atoms with E-state index in [4.69, 9.17) is 0 Å². The van der Waals surface area contributed by atoms with E-state index in [2.05, 4.69) is 10.4 Å². The number of hydrogen-bond donors (Lipinski definition) is 2. The maximum Gasteiger partial charge on any atom is 0.352 e. The van der Waals surface area contributed by atoms with Gasteiger partial charge in [0.1, 0.15) is 5.60 Å². The minimum absolute atomic E-state index is 0.0608. The van der Waals surface area contributed by atoms with Gasteiger partial charge in [-0.25, -0.2) is 0 Å². The number of carbonyl (C=O) groups is 1. The maximum atomic E-state index is 13.9. The zero-order valence-electron chi connectivity index (χ0n) is 11.8. The van der Waals surface area contributed by atoms with Crippen molar-refractivity contribution in [2.24, 2.45) is 0 Å². The Hall–Kier alpha value is -1.50. The number of nitrogens with one attached hydrogen (secondary N) is 1. The molecule has 0 aromatic carbocycles. The van der Waals surface area contributed by atoms with Crippen LogP contribution in [0.25, 0.3) is 0 Å². The molecule has 0 saturated heterocycles. The van der Waals surface area contributed by atoms with Gasteiger partial charge in [0.05, 0.1) is 17.4 Å². The highest BCUT2D eigenvalue weighted by atomic mass is 19.3. The van der Waals surface area contributed by atoms with Gasteiger partial charge in [0.25, 0.3) is 5.91 Å². The molecule has 1 saturated carbocycles. The fraction of sp³-hybridized carbons (Fsp3) is 0.692. The molecule has 2 rings (SSSR count). The largest absolute Gasteiger partial charge is 0.383 e. The predicted molar refractivity (Wildman–Crippen MR) is 69.6 cm³/mol. The number of aromatic nitrogens is 2. The summed E-state index contributed by atoms with van der Waals surface area (Å²) in [5, 5.41) is 15.8. The van der Waals surface area contributed by atoms with E-state index in [1.54, 1.807) is 4.68 Å². The van der Waals surface area contributed by atoms with Crippen LogP contribution in [0, 0.1) is 0 Å². The number of amides is 1. The normalized spacial score (nSPS) is 18.5. The number of nitrogens with zero attached hydrogens (tertiary/aromatic N) is 2. The van der Waals surface area contributed by atoms with Crippen molar-refractivity contribution in [3.05, 3.63) is 12.4 Å². The van der Waals surface area contributed by atoms with Gasteiger partial charge >= 0.3 is 5.92 Å². The van der Waals surface area contributed by atoms with Crippen LogP contribution in [0.1, 0.15) is 40.0 Å². The van der Waals surface area contributed by atoms with Gasteiger partial charge < -0.3 is 10.4 Å². The summed E-state index contributed by atoms with van der Waals surface area (Å²) < 4.78 is 29.3. The van der Waals surface area contributed by atoms with Crippen LogP contribution in [-0.2, 0) is 10.3 Å². The van der Waals surface area contributed by atoms with Crippen molar-refractivity contribution in [2.75, 3.05) is 5.32 Å². The van der Waals surface area contributed by atoms with E-state index in [0.717, 1.165) is 0 Å². The third kappa shape index (κ3) is 2.42. The summed E-state index contributed by atoms with van der Waals surface area (Å²) in [4.78, 5) is 11.7. The second-order valence-corrected chi connectivity index (χ2v) is 6.26. The molecule has 20 heavy (non-hydrogen) atoms. The second kappa shape index (κ2) is 4.51. The van der Waals surface area contributed by atoms with Gasteiger partial charge in [0.2, 0.25) is 0 Å². The van der Waals surface area contributed by atoms with Crippen molar-refractivity contribution in [3.63, 3.8) is 0 Å². The summed E-state index contributed by atoms with van der Waals surface area (Å²) in [6.45, 7) is 5.70. The van der Waals surface area contributed by atoms with Gasteiger partial charge in [0, 0.05) is 6.20 Å². The molecule has 1 aromatic heterocycles. The number of alkyl halides is 2. The molecule has 7 heteroatoms. The van der Waals surface area contributed by atoms with E-state index in [-0.39, 0.29) is 24.1 Å². The molecule has 2 N–H and O–H groups in total. The zero-order chi connectivity index (χ0) is 15.2. The highest BCUT2D eigenvalue weighted by Gasteiger charge is 2.61. The average Bonchev–Trinajstić information content (AvgIpc) is 2.73. The van der Waals surface area contributed by atoms with Crippen LogP contribution in [-0.4, -0.2) is 32.3 Å². The number of rotatable bonds is 3. The van der Waals surface area contributed by atoms with Crippen LogP contribution in [0.2, 0.25) is 0 Å². The summed E-state index contributed by atoms with van der Waals surface area (Å²) >= 11 is 0. The quantitative estimate of drug-likeness (QED) is 0.895. The number of halogens is 2. The molecular formula is C13H19F2N3O2. The summed E-state index contributed by atoms with van der Waals surface area (Å²) in [5.41, 5.74) is -2.33. The Labute approximate surface area is 116 Å². The first-order valence-corrected chi connectivity index (χ1v) is 6.53. The Kier molecular flexibility index (Phi) is 3.36. The molecule has 1 heterocycles. The van der Waals surface area contributed by atoms with Gasteiger partial charge in [-0.2, -0.15) is 13.9 Å². The van der Waals surface area contributed by atoms with Crippen LogP contribution in [0.4, 0.5) is 14.5 Å². The summed E-state index contributed by atoms with van der Waals surface area (Å²) in [6, 6.07) is 0. The SMILES string of the molecule is CC(C)(C)n1cc(NC(=O)C(F)(F)C2(O)CCC2)cn1. The predicted octanol–water partition coefficient (Wildman–Crippen LogP) is 2.13. The molecule has 1 fully saturated rings. The highest BCUT2D eigenvalue weighted by molar-refractivity contribution is 5.97. The number of anilines is 1. The van der Waals surface area contributed by atoms with Crippen molar-refractivity contribution >= 4 is 11.6 Å². The molecule has 0 radical (unpaired) electrons. The first-order chi connectivity index (χ1) is 9.06. The van der Waals surface area contributed by atoms with E-state index in [0.29, 0.717) is 6.42 Å². The third-order valence-corrected chi connectivity index (χ3v) is 3.58. The van der Waals surface area contributed by atoms with Crippen LogP contribution in [0.5, 0.6) is 0 Å².